The maximum Gasteiger partial charge on any atom is 0.143 e. The zero-order valence-electron chi connectivity index (χ0n) is 9.77. The van der Waals surface area contributed by atoms with Crippen molar-refractivity contribution in [2.75, 3.05) is 5.32 Å². The molecule has 0 aliphatic rings. The number of hydrogen-bond donors (Lipinski definition) is 1. The summed E-state index contributed by atoms with van der Waals surface area (Å²) in [5.41, 5.74) is 1.42. The molecule has 0 saturated heterocycles. The first-order valence-corrected chi connectivity index (χ1v) is 6.03. The molecule has 1 heterocycles. The highest BCUT2D eigenvalue weighted by molar-refractivity contribution is 6.30. The zero-order valence-corrected chi connectivity index (χ0v) is 10.5. The lowest BCUT2D eigenvalue weighted by atomic mass is 10.2. The predicted molar refractivity (Wildman–Crippen MR) is 74.2 cm³/mol. The van der Waals surface area contributed by atoms with Crippen LogP contribution in [0.2, 0.25) is 5.02 Å². The molecule has 3 rings (SSSR count). The van der Waals surface area contributed by atoms with Crippen LogP contribution < -0.4 is 5.32 Å². The molecule has 1 aromatic heterocycles. The number of anilines is 2. The predicted octanol–water partition coefficient (Wildman–Crippen LogP) is 4.17. The van der Waals surface area contributed by atoms with Crippen molar-refractivity contribution in [2.24, 2.45) is 0 Å². The molecule has 0 spiro atoms. The number of nitrogens with one attached hydrogen (secondary N) is 1. The Morgan fingerprint density at radius 1 is 1.05 bits per heavy atom. The van der Waals surface area contributed by atoms with E-state index >= 15 is 0 Å². The van der Waals surface area contributed by atoms with Gasteiger partial charge < -0.3 is 5.32 Å². The molecule has 0 fully saturated rings. The molecule has 0 saturated carbocycles. The fourth-order valence-electron chi connectivity index (χ4n) is 1.82. The quantitative estimate of drug-likeness (QED) is 0.762. The van der Waals surface area contributed by atoms with Gasteiger partial charge in [-0.25, -0.2) is 14.4 Å². The second-order valence-corrected chi connectivity index (χ2v) is 4.40. The van der Waals surface area contributed by atoms with Crippen molar-refractivity contribution in [3.05, 3.63) is 59.6 Å². The number of benzene rings is 2. The summed E-state index contributed by atoms with van der Waals surface area (Å²) in [6.07, 6.45) is 1.47. The zero-order chi connectivity index (χ0) is 13.2. The van der Waals surface area contributed by atoms with Crippen molar-refractivity contribution >= 4 is 34.0 Å². The summed E-state index contributed by atoms with van der Waals surface area (Å²) in [6.45, 7) is 0. The van der Waals surface area contributed by atoms with Crippen molar-refractivity contribution in [1.82, 2.24) is 9.97 Å². The van der Waals surface area contributed by atoms with E-state index in [1.54, 1.807) is 6.07 Å². The van der Waals surface area contributed by atoms with Gasteiger partial charge in [0.05, 0.1) is 10.5 Å². The molecule has 0 unspecified atom stereocenters. The van der Waals surface area contributed by atoms with E-state index in [4.69, 9.17) is 11.6 Å². The van der Waals surface area contributed by atoms with Crippen LogP contribution in [0.3, 0.4) is 0 Å². The van der Waals surface area contributed by atoms with E-state index in [9.17, 15) is 4.39 Å². The average Bonchev–Trinajstić information content (AvgIpc) is 2.43. The summed E-state index contributed by atoms with van der Waals surface area (Å²) in [5.74, 6) is 0.164. The van der Waals surface area contributed by atoms with Gasteiger partial charge in [0.15, 0.2) is 0 Å². The first-order valence-electron chi connectivity index (χ1n) is 5.66. The minimum absolute atomic E-state index is 0.0955. The van der Waals surface area contributed by atoms with Crippen molar-refractivity contribution in [1.29, 1.82) is 0 Å². The molecule has 1 N–H and O–H groups in total. The molecule has 0 atom stereocenters. The number of halogens is 2. The summed E-state index contributed by atoms with van der Waals surface area (Å²) in [7, 11) is 0. The second-order valence-electron chi connectivity index (χ2n) is 3.99. The number of hydrogen-bond acceptors (Lipinski definition) is 3. The first kappa shape index (κ1) is 11.9. The Labute approximate surface area is 114 Å². The first-order chi connectivity index (χ1) is 9.24. The average molecular weight is 274 g/mol. The maximum absolute atomic E-state index is 13.4. The Balaban J connectivity index is 2.03. The topological polar surface area (TPSA) is 37.8 Å². The largest absolute Gasteiger partial charge is 0.340 e. The normalized spacial score (nSPS) is 10.6. The van der Waals surface area contributed by atoms with Crippen LogP contribution in [0.15, 0.2) is 48.8 Å². The van der Waals surface area contributed by atoms with E-state index < -0.39 is 5.82 Å². The molecule has 19 heavy (non-hydrogen) atoms. The Morgan fingerprint density at radius 2 is 1.89 bits per heavy atom. The van der Waals surface area contributed by atoms with Gasteiger partial charge in [-0.3, -0.25) is 0 Å². The highest BCUT2D eigenvalue weighted by Gasteiger charge is 2.05. The van der Waals surface area contributed by atoms with E-state index in [0.717, 1.165) is 10.9 Å². The fourth-order valence-corrected chi connectivity index (χ4v) is 1.93. The third-order valence-corrected chi connectivity index (χ3v) is 3.03. The summed E-state index contributed by atoms with van der Waals surface area (Å²) >= 11 is 5.65. The molecule has 0 radical (unpaired) electrons. The smallest absolute Gasteiger partial charge is 0.143 e. The number of aromatic nitrogens is 2. The Bertz CT molecular complexity index is 740. The molecule has 0 aliphatic heterocycles. The molecule has 0 amide bonds. The third kappa shape index (κ3) is 2.35. The standard InChI is InChI=1S/C14H9ClFN3/c15-11-6-5-9(7-12(11)16)19-14-10-3-1-2-4-13(10)17-8-18-14/h1-8H,(H,17,18,19). The summed E-state index contributed by atoms with van der Waals surface area (Å²) in [5, 5.41) is 4.04. The van der Waals surface area contributed by atoms with Gasteiger partial charge in [-0.05, 0) is 30.3 Å². The van der Waals surface area contributed by atoms with E-state index in [0.29, 0.717) is 11.5 Å². The van der Waals surface area contributed by atoms with Crippen LogP contribution in [0.4, 0.5) is 15.9 Å². The molecule has 0 aliphatic carbocycles. The van der Waals surface area contributed by atoms with Crippen molar-refractivity contribution < 1.29 is 4.39 Å². The third-order valence-electron chi connectivity index (χ3n) is 2.73. The lowest BCUT2D eigenvalue weighted by Gasteiger charge is -2.08. The highest BCUT2D eigenvalue weighted by atomic mass is 35.5. The van der Waals surface area contributed by atoms with Gasteiger partial charge in [0.2, 0.25) is 0 Å². The van der Waals surface area contributed by atoms with Gasteiger partial charge in [-0.1, -0.05) is 23.7 Å². The molecular formula is C14H9ClFN3. The van der Waals surface area contributed by atoms with Crippen LogP contribution >= 0.6 is 11.6 Å². The summed E-state index contributed by atoms with van der Waals surface area (Å²) in [4.78, 5) is 8.35. The molecular weight excluding hydrogens is 265 g/mol. The van der Waals surface area contributed by atoms with E-state index in [2.05, 4.69) is 15.3 Å². The van der Waals surface area contributed by atoms with E-state index in [-0.39, 0.29) is 5.02 Å². The summed E-state index contributed by atoms with van der Waals surface area (Å²) < 4.78 is 13.4. The van der Waals surface area contributed by atoms with Crippen LogP contribution in [0, 0.1) is 5.82 Å². The lowest BCUT2D eigenvalue weighted by molar-refractivity contribution is 0.629. The minimum Gasteiger partial charge on any atom is -0.340 e. The lowest BCUT2D eigenvalue weighted by Crippen LogP contribution is -1.96. The van der Waals surface area contributed by atoms with Crippen molar-refractivity contribution in [3.63, 3.8) is 0 Å². The SMILES string of the molecule is Fc1cc(Nc2ncnc3ccccc23)ccc1Cl. The second kappa shape index (κ2) is 4.82. The number of para-hydroxylation sites is 1. The van der Waals surface area contributed by atoms with Gasteiger partial charge in [0.1, 0.15) is 18.0 Å². The minimum atomic E-state index is -0.468. The van der Waals surface area contributed by atoms with Crippen LogP contribution in [0.5, 0.6) is 0 Å². The Kier molecular flexibility index (Phi) is 3.01. The molecule has 2 aromatic carbocycles. The number of rotatable bonds is 2. The van der Waals surface area contributed by atoms with Crippen molar-refractivity contribution in [2.45, 2.75) is 0 Å². The highest BCUT2D eigenvalue weighted by Crippen LogP contribution is 2.25. The van der Waals surface area contributed by atoms with Crippen LogP contribution in [-0.4, -0.2) is 9.97 Å². The Morgan fingerprint density at radius 3 is 2.74 bits per heavy atom. The number of fused-ring (bicyclic) bond motifs is 1. The maximum atomic E-state index is 13.4. The van der Waals surface area contributed by atoms with Crippen LogP contribution in [0.25, 0.3) is 10.9 Å². The van der Waals surface area contributed by atoms with E-state index in [1.165, 1.54) is 18.5 Å². The molecule has 0 bridgehead atoms. The Hall–Kier alpha value is -2.20. The summed E-state index contributed by atoms with van der Waals surface area (Å²) in [6, 6.07) is 12.1. The van der Waals surface area contributed by atoms with Crippen LogP contribution in [0.1, 0.15) is 0 Å². The van der Waals surface area contributed by atoms with Gasteiger partial charge in [0, 0.05) is 11.1 Å². The molecule has 5 heteroatoms. The van der Waals surface area contributed by atoms with Gasteiger partial charge >= 0.3 is 0 Å². The van der Waals surface area contributed by atoms with Gasteiger partial charge in [-0.2, -0.15) is 0 Å². The van der Waals surface area contributed by atoms with Gasteiger partial charge in [-0.15, -0.1) is 0 Å². The van der Waals surface area contributed by atoms with Crippen LogP contribution in [-0.2, 0) is 0 Å². The molecule has 3 aromatic rings. The van der Waals surface area contributed by atoms with Crippen molar-refractivity contribution in [3.8, 4) is 0 Å². The fraction of sp³-hybridized carbons (Fsp3) is 0. The van der Waals surface area contributed by atoms with E-state index in [1.807, 2.05) is 24.3 Å². The molecule has 94 valence electrons. The monoisotopic (exact) mass is 273 g/mol. The molecule has 3 nitrogen and oxygen atoms in total. The van der Waals surface area contributed by atoms with Gasteiger partial charge in [0.25, 0.3) is 0 Å². The number of nitrogens with zero attached hydrogens (tertiary/aromatic N) is 2.